The van der Waals surface area contributed by atoms with Crippen molar-refractivity contribution < 1.29 is 22.7 Å². The van der Waals surface area contributed by atoms with Gasteiger partial charge >= 0.3 is 0 Å². The number of benzene rings is 7. The summed E-state index contributed by atoms with van der Waals surface area (Å²) in [7, 11) is -3.46. The van der Waals surface area contributed by atoms with Gasteiger partial charge in [0.1, 0.15) is 17.5 Å². The first-order valence-corrected chi connectivity index (χ1v) is 21.0. The molecule has 0 aliphatic heterocycles. The van der Waals surface area contributed by atoms with Crippen LogP contribution in [0.1, 0.15) is 22.5 Å². The Morgan fingerprint density at radius 2 is 0.764 bits per heavy atom. The zero-order valence-electron chi connectivity index (χ0n) is 29.4. The van der Waals surface area contributed by atoms with Crippen LogP contribution in [0.4, 0.5) is 23.2 Å². The summed E-state index contributed by atoms with van der Waals surface area (Å²) in [5.41, 5.74) is 5.85. The van der Waals surface area contributed by atoms with Gasteiger partial charge in [-0.05, 0) is 44.5 Å². The fourth-order valence-corrected chi connectivity index (χ4v) is 12.9. The average molecular weight is 767 g/mol. The Bertz CT molecular complexity index is 2480. The predicted molar refractivity (Wildman–Crippen MR) is 224 cm³/mol. The van der Waals surface area contributed by atoms with E-state index >= 15 is 17.6 Å². The molecular weight excluding hydrogens is 732 g/mol. The topological polar surface area (TPSA) is 34.3 Å². The van der Waals surface area contributed by atoms with E-state index in [4.69, 9.17) is 0 Å². The molecule has 0 aromatic heterocycles. The lowest BCUT2D eigenvalue weighted by molar-refractivity contribution is 0.248. The molecule has 2 nitrogen and oxygen atoms in total. The maximum absolute atomic E-state index is 16.9. The maximum atomic E-state index is 16.9. The van der Waals surface area contributed by atoms with Crippen LogP contribution in [-0.4, -0.2) is 16.0 Å². The van der Waals surface area contributed by atoms with Crippen molar-refractivity contribution >= 4 is 63.9 Å². The van der Waals surface area contributed by atoms with Gasteiger partial charge in [-0.3, -0.25) is 0 Å². The van der Waals surface area contributed by atoms with E-state index in [-0.39, 0.29) is 0 Å². The Kier molecular flexibility index (Phi) is 11.4. The van der Waals surface area contributed by atoms with Crippen LogP contribution in [0.5, 0.6) is 0 Å². The molecule has 0 radical (unpaired) electrons. The zero-order valence-corrected chi connectivity index (χ0v) is 31.1. The lowest BCUT2D eigenvalue weighted by Gasteiger charge is -2.41. The molecule has 0 saturated heterocycles. The third kappa shape index (κ3) is 7.48. The SMILES string of the molecule is OC(c1c(F)c(F)c([N-]P(=C=Cc2ccccc2)(c2ccccc2)c2ccccc2)c(F)c1F)P(=C=Cc1ccccc1)(c1ccccc1)c1ccccc1. The number of nitrogens with zero attached hydrogens (tertiary/aromatic N) is 1. The van der Waals surface area contributed by atoms with E-state index in [1.165, 1.54) is 0 Å². The molecule has 272 valence electrons. The Hall–Kier alpha value is -5.82. The Morgan fingerprint density at radius 3 is 1.15 bits per heavy atom. The maximum Gasteiger partial charge on any atom is 0.166 e. The second-order valence-electron chi connectivity index (χ2n) is 12.6. The second kappa shape index (κ2) is 16.7. The third-order valence-corrected chi connectivity index (χ3v) is 16.0. The van der Waals surface area contributed by atoms with Gasteiger partial charge in [0.25, 0.3) is 0 Å². The molecular formula is C47H34F4NOP2-. The van der Waals surface area contributed by atoms with Gasteiger partial charge in [-0.1, -0.05) is 195 Å². The highest BCUT2D eigenvalue weighted by Crippen LogP contribution is 2.60. The van der Waals surface area contributed by atoms with Crippen LogP contribution in [0, 0.1) is 23.3 Å². The molecule has 0 heterocycles. The molecule has 1 atom stereocenters. The normalized spacial score (nSPS) is 11.9. The van der Waals surface area contributed by atoms with E-state index in [2.05, 4.69) is 16.0 Å². The van der Waals surface area contributed by atoms with Crippen molar-refractivity contribution in [1.29, 1.82) is 0 Å². The molecule has 55 heavy (non-hydrogen) atoms. The van der Waals surface area contributed by atoms with Crippen molar-refractivity contribution in [2.24, 2.45) is 0 Å². The number of rotatable bonds is 10. The smallest absolute Gasteiger partial charge is 0.166 e. The van der Waals surface area contributed by atoms with Gasteiger partial charge in [0.05, 0.1) is 5.56 Å². The van der Waals surface area contributed by atoms with Crippen LogP contribution in [0.3, 0.4) is 0 Å². The molecule has 0 aliphatic carbocycles. The molecule has 0 fully saturated rings. The Morgan fingerprint density at radius 1 is 0.436 bits per heavy atom. The highest BCUT2D eigenvalue weighted by atomic mass is 31.2. The summed E-state index contributed by atoms with van der Waals surface area (Å²) in [4.78, 5) is 0. The number of hydrogen-bond acceptors (Lipinski definition) is 1. The van der Waals surface area contributed by atoms with Crippen molar-refractivity contribution in [2.75, 3.05) is 0 Å². The molecule has 1 N–H and O–H groups in total. The van der Waals surface area contributed by atoms with Crippen molar-refractivity contribution in [2.45, 2.75) is 5.85 Å². The first-order chi connectivity index (χ1) is 26.8. The molecule has 0 saturated carbocycles. The summed E-state index contributed by atoms with van der Waals surface area (Å²) < 4.78 is 67.4. The van der Waals surface area contributed by atoms with Gasteiger partial charge in [-0.15, -0.1) is 10.9 Å². The molecule has 0 amide bonds. The van der Waals surface area contributed by atoms with E-state index in [0.717, 1.165) is 5.56 Å². The van der Waals surface area contributed by atoms with E-state index in [1.807, 2.05) is 60.7 Å². The lowest BCUT2D eigenvalue weighted by Crippen LogP contribution is -2.24. The molecule has 7 rings (SSSR count). The van der Waals surface area contributed by atoms with Gasteiger partial charge in [-0.2, -0.15) is 0 Å². The number of halogens is 4. The van der Waals surface area contributed by atoms with Gasteiger partial charge in [0, 0.05) is 6.89 Å². The van der Waals surface area contributed by atoms with Crippen LogP contribution in [-0.2, 0) is 0 Å². The molecule has 8 heteroatoms. The fourth-order valence-electron chi connectivity index (χ4n) is 6.45. The first kappa shape index (κ1) is 37.5. The Balaban J connectivity index is 1.50. The fraction of sp³-hybridized carbons (Fsp3) is 0.0213. The summed E-state index contributed by atoms with van der Waals surface area (Å²) in [5, 5.41) is 19.2. The van der Waals surface area contributed by atoms with E-state index in [1.54, 1.807) is 133 Å². The van der Waals surface area contributed by atoms with Crippen LogP contribution in [0.25, 0.3) is 17.2 Å². The van der Waals surface area contributed by atoms with Gasteiger partial charge < -0.3 is 10.2 Å². The van der Waals surface area contributed by atoms with Crippen LogP contribution in [0.15, 0.2) is 182 Å². The number of aliphatic hydroxyl groups excluding tert-OH is 1. The van der Waals surface area contributed by atoms with Crippen molar-refractivity contribution in [3.8, 4) is 0 Å². The summed E-state index contributed by atoms with van der Waals surface area (Å²) in [6.07, 6.45) is 3.31. The molecule has 0 spiro atoms. The molecule has 7 aromatic rings. The monoisotopic (exact) mass is 766 g/mol. The summed E-state index contributed by atoms with van der Waals surface area (Å²) in [6, 6.07) is 53.3. The number of aliphatic hydroxyl groups is 1. The van der Waals surface area contributed by atoms with Crippen LogP contribution >= 0.6 is 13.9 Å². The van der Waals surface area contributed by atoms with Crippen LogP contribution < -0.4 is 21.2 Å². The third-order valence-electron chi connectivity index (χ3n) is 9.19. The van der Waals surface area contributed by atoms with Crippen molar-refractivity contribution in [3.05, 3.63) is 227 Å². The summed E-state index contributed by atoms with van der Waals surface area (Å²) >= 11 is 0. The van der Waals surface area contributed by atoms with Gasteiger partial charge in [0.15, 0.2) is 11.6 Å². The largest absolute Gasteiger partial charge is 0.641 e. The molecule has 0 bridgehead atoms. The van der Waals surface area contributed by atoms with E-state index < -0.39 is 54.3 Å². The van der Waals surface area contributed by atoms with Gasteiger partial charge in [-0.25, -0.2) is 17.6 Å². The lowest BCUT2D eigenvalue weighted by atomic mass is 10.1. The predicted octanol–water partition coefficient (Wildman–Crippen LogP) is 10.7. The minimum Gasteiger partial charge on any atom is -0.641 e. The first-order valence-electron chi connectivity index (χ1n) is 17.4. The summed E-state index contributed by atoms with van der Waals surface area (Å²) in [5.74, 6) is -9.03. The second-order valence-corrected chi connectivity index (χ2v) is 18.5. The van der Waals surface area contributed by atoms with E-state index in [9.17, 15) is 5.11 Å². The Labute approximate surface area is 318 Å². The minimum absolute atomic E-state index is 0.494. The average Bonchev–Trinajstić information content (AvgIpc) is 3.25. The highest BCUT2D eigenvalue weighted by molar-refractivity contribution is 7.90. The minimum atomic E-state index is -3.57. The van der Waals surface area contributed by atoms with Crippen molar-refractivity contribution in [1.82, 2.24) is 0 Å². The molecule has 0 aliphatic rings. The van der Waals surface area contributed by atoms with Crippen molar-refractivity contribution in [3.63, 3.8) is 0 Å². The quantitative estimate of drug-likeness (QED) is 0.0840. The van der Waals surface area contributed by atoms with Gasteiger partial charge in [0.2, 0.25) is 0 Å². The zero-order chi connectivity index (χ0) is 38.3. The van der Waals surface area contributed by atoms with Crippen LogP contribution in [0.2, 0.25) is 0 Å². The standard InChI is InChI=1S/C47H34F4NOP2/c48-42-41(47(53)54(37-23-11-3-12-24-37,38-25-13-4-14-26-38)33-31-35-19-7-1-8-20-35)43(49)45(51)46(44(42)50)52-55(39-27-15-5-16-28-39,40-29-17-6-18-30-40)34-32-36-21-9-2-10-22-36/h1-32,47,53H/q-1. The highest BCUT2D eigenvalue weighted by Gasteiger charge is 2.38. The van der Waals surface area contributed by atoms with E-state index in [0.29, 0.717) is 26.8 Å². The molecule has 7 aromatic carbocycles. The summed E-state index contributed by atoms with van der Waals surface area (Å²) in [6.45, 7) is -3.57. The molecule has 1 unspecified atom stereocenters. The number of hydrogen-bond donors (Lipinski definition) is 1.